The smallest absolute Gasteiger partial charge is 0.227 e. The van der Waals surface area contributed by atoms with Crippen molar-refractivity contribution in [1.29, 1.82) is 0 Å². The zero-order chi connectivity index (χ0) is 16.2. The predicted molar refractivity (Wildman–Crippen MR) is 89.4 cm³/mol. The first-order valence-electron chi connectivity index (χ1n) is 7.74. The van der Waals surface area contributed by atoms with Crippen LogP contribution in [0.2, 0.25) is 0 Å². The molecule has 0 atom stereocenters. The second kappa shape index (κ2) is 6.60. The van der Waals surface area contributed by atoms with Crippen LogP contribution in [0.5, 0.6) is 0 Å². The lowest BCUT2D eigenvalue weighted by atomic mass is 10.1. The molecule has 0 aliphatic carbocycles. The van der Waals surface area contributed by atoms with Gasteiger partial charge in [-0.1, -0.05) is 18.2 Å². The number of hydrogen-bond donors (Lipinski definition) is 1. The number of benzene rings is 1. The molecule has 3 rings (SSSR count). The molecule has 0 fully saturated rings. The van der Waals surface area contributed by atoms with Gasteiger partial charge in [0.15, 0.2) is 0 Å². The zero-order valence-electron chi connectivity index (χ0n) is 13.1. The van der Waals surface area contributed by atoms with E-state index in [0.29, 0.717) is 25.1 Å². The van der Waals surface area contributed by atoms with Crippen molar-refractivity contribution in [2.45, 2.75) is 26.2 Å². The molecule has 0 saturated carbocycles. The summed E-state index contributed by atoms with van der Waals surface area (Å²) in [5.74, 6) is -0.0570. The Morgan fingerprint density at radius 3 is 2.87 bits per heavy atom. The second-order valence-electron chi connectivity index (χ2n) is 5.65. The summed E-state index contributed by atoms with van der Waals surface area (Å²) in [5, 5.41) is 2.82. The number of nitrogens with one attached hydrogen (secondary N) is 1. The van der Waals surface area contributed by atoms with Crippen molar-refractivity contribution in [3.05, 3.63) is 53.9 Å². The lowest BCUT2D eigenvalue weighted by molar-refractivity contribution is -0.118. The topological polar surface area (TPSA) is 62.3 Å². The number of hydrogen-bond acceptors (Lipinski definition) is 3. The summed E-state index contributed by atoms with van der Waals surface area (Å²) in [6, 6.07) is 9.61. The number of fused-ring (bicyclic) bond motifs is 1. The normalized spacial score (nSPS) is 12.8. The third-order valence-electron chi connectivity index (χ3n) is 3.96. The fourth-order valence-electron chi connectivity index (χ4n) is 2.93. The number of aryl methyl sites for hydroxylation is 1. The average Bonchev–Trinajstić information content (AvgIpc) is 2.98. The van der Waals surface area contributed by atoms with Gasteiger partial charge in [-0.2, -0.15) is 0 Å². The molecule has 2 amide bonds. The van der Waals surface area contributed by atoms with Gasteiger partial charge in [0.05, 0.1) is 11.4 Å². The van der Waals surface area contributed by atoms with Crippen LogP contribution in [0.25, 0.3) is 0 Å². The number of nitrogens with zero attached hydrogens (tertiary/aromatic N) is 2. The van der Waals surface area contributed by atoms with Gasteiger partial charge in [0, 0.05) is 32.3 Å². The lowest BCUT2D eigenvalue weighted by Crippen LogP contribution is -2.30. The fraction of sp³-hybridized carbons (Fsp3) is 0.278. The molecule has 0 saturated heterocycles. The molecule has 2 aromatic rings. The number of carbonyl (C=O) groups is 2. The van der Waals surface area contributed by atoms with Crippen LogP contribution in [0.15, 0.2) is 42.7 Å². The van der Waals surface area contributed by atoms with Crippen molar-refractivity contribution in [3.8, 4) is 0 Å². The Bertz CT molecular complexity index is 728. The number of carbonyl (C=O) groups excluding carboxylic acids is 2. The number of rotatable bonds is 4. The standard InChI is InChI=1S/C18H19N3O2/c1-13(22)20-16-6-2-5-15-9-11-21(18(15)16)17(23)8-7-14-4-3-10-19-12-14/h2-6,10,12H,7-9,11H2,1H3,(H,20,22). The highest BCUT2D eigenvalue weighted by Gasteiger charge is 2.27. The van der Waals surface area contributed by atoms with E-state index in [1.54, 1.807) is 17.3 Å². The van der Waals surface area contributed by atoms with Gasteiger partial charge in [0.1, 0.15) is 0 Å². The van der Waals surface area contributed by atoms with E-state index >= 15 is 0 Å². The second-order valence-corrected chi connectivity index (χ2v) is 5.65. The van der Waals surface area contributed by atoms with E-state index in [9.17, 15) is 9.59 Å². The number of amides is 2. The van der Waals surface area contributed by atoms with Crippen molar-refractivity contribution in [3.63, 3.8) is 0 Å². The number of anilines is 2. The molecule has 118 valence electrons. The van der Waals surface area contributed by atoms with Gasteiger partial charge in [0.25, 0.3) is 0 Å². The molecule has 1 aliphatic heterocycles. The summed E-state index contributed by atoms with van der Waals surface area (Å²) in [4.78, 5) is 29.9. The Kier molecular flexibility index (Phi) is 4.37. The SMILES string of the molecule is CC(=O)Nc1cccc2c1N(C(=O)CCc1cccnc1)CC2. The molecule has 1 aliphatic rings. The first kappa shape index (κ1) is 15.2. The summed E-state index contributed by atoms with van der Waals surface area (Å²) >= 11 is 0. The Morgan fingerprint density at radius 1 is 1.26 bits per heavy atom. The van der Waals surface area contributed by atoms with Gasteiger partial charge in [-0.05, 0) is 36.1 Å². The van der Waals surface area contributed by atoms with E-state index in [1.165, 1.54) is 6.92 Å². The van der Waals surface area contributed by atoms with Crippen molar-refractivity contribution >= 4 is 23.2 Å². The third kappa shape index (κ3) is 3.39. The number of para-hydroxylation sites is 1. The van der Waals surface area contributed by atoms with Crippen LogP contribution in [0, 0.1) is 0 Å². The molecule has 1 N–H and O–H groups in total. The van der Waals surface area contributed by atoms with E-state index in [2.05, 4.69) is 10.3 Å². The Morgan fingerprint density at radius 2 is 2.13 bits per heavy atom. The van der Waals surface area contributed by atoms with Crippen LogP contribution in [-0.2, 0) is 22.4 Å². The molecule has 23 heavy (non-hydrogen) atoms. The maximum absolute atomic E-state index is 12.6. The highest BCUT2D eigenvalue weighted by Crippen LogP contribution is 2.36. The molecule has 0 radical (unpaired) electrons. The minimum Gasteiger partial charge on any atom is -0.325 e. The molecule has 5 nitrogen and oxygen atoms in total. The van der Waals surface area contributed by atoms with E-state index in [-0.39, 0.29) is 11.8 Å². The minimum absolute atomic E-state index is 0.0744. The molecule has 1 aromatic carbocycles. The minimum atomic E-state index is -0.131. The van der Waals surface area contributed by atoms with Gasteiger partial charge in [0.2, 0.25) is 11.8 Å². The largest absolute Gasteiger partial charge is 0.325 e. The average molecular weight is 309 g/mol. The van der Waals surface area contributed by atoms with Crippen LogP contribution < -0.4 is 10.2 Å². The molecule has 1 aromatic heterocycles. The Labute approximate surface area is 135 Å². The highest BCUT2D eigenvalue weighted by atomic mass is 16.2. The molecule has 0 unspecified atom stereocenters. The first-order valence-corrected chi connectivity index (χ1v) is 7.74. The van der Waals surface area contributed by atoms with E-state index in [1.807, 2.05) is 30.3 Å². The van der Waals surface area contributed by atoms with Gasteiger partial charge in [-0.3, -0.25) is 14.6 Å². The summed E-state index contributed by atoms with van der Waals surface area (Å²) in [6.07, 6.45) is 5.43. The summed E-state index contributed by atoms with van der Waals surface area (Å²) in [7, 11) is 0. The lowest BCUT2D eigenvalue weighted by Gasteiger charge is -2.20. The summed E-state index contributed by atoms with van der Waals surface area (Å²) in [5.41, 5.74) is 3.71. The quantitative estimate of drug-likeness (QED) is 0.944. The van der Waals surface area contributed by atoms with Gasteiger partial charge in [-0.15, -0.1) is 0 Å². The summed E-state index contributed by atoms with van der Waals surface area (Å²) < 4.78 is 0. The van der Waals surface area contributed by atoms with E-state index in [0.717, 1.165) is 23.2 Å². The predicted octanol–water partition coefficient (Wildman–Crippen LogP) is 2.56. The van der Waals surface area contributed by atoms with Crippen molar-refractivity contribution in [2.24, 2.45) is 0 Å². The van der Waals surface area contributed by atoms with Crippen LogP contribution in [0.3, 0.4) is 0 Å². The van der Waals surface area contributed by atoms with Crippen LogP contribution in [0.1, 0.15) is 24.5 Å². The molecule has 5 heteroatoms. The first-order chi connectivity index (χ1) is 11.1. The van der Waals surface area contributed by atoms with Crippen LogP contribution in [0.4, 0.5) is 11.4 Å². The van der Waals surface area contributed by atoms with Gasteiger partial charge >= 0.3 is 0 Å². The number of aromatic nitrogens is 1. The van der Waals surface area contributed by atoms with Gasteiger partial charge in [-0.25, -0.2) is 0 Å². The maximum Gasteiger partial charge on any atom is 0.227 e. The molecular formula is C18H19N3O2. The van der Waals surface area contributed by atoms with Crippen LogP contribution in [-0.4, -0.2) is 23.3 Å². The maximum atomic E-state index is 12.6. The Balaban J connectivity index is 1.76. The van der Waals surface area contributed by atoms with Crippen LogP contribution >= 0.6 is 0 Å². The molecule has 2 heterocycles. The molecular weight excluding hydrogens is 290 g/mol. The number of pyridine rings is 1. The third-order valence-corrected chi connectivity index (χ3v) is 3.96. The van der Waals surface area contributed by atoms with E-state index < -0.39 is 0 Å². The van der Waals surface area contributed by atoms with Crippen molar-refractivity contribution in [1.82, 2.24) is 4.98 Å². The monoisotopic (exact) mass is 309 g/mol. The van der Waals surface area contributed by atoms with Crippen molar-refractivity contribution < 1.29 is 9.59 Å². The van der Waals surface area contributed by atoms with E-state index in [4.69, 9.17) is 0 Å². The molecule has 0 spiro atoms. The van der Waals surface area contributed by atoms with Crippen molar-refractivity contribution in [2.75, 3.05) is 16.8 Å². The van der Waals surface area contributed by atoms with Gasteiger partial charge < -0.3 is 10.2 Å². The Hall–Kier alpha value is -2.69. The summed E-state index contributed by atoms with van der Waals surface area (Å²) in [6.45, 7) is 2.14. The molecule has 0 bridgehead atoms. The fourth-order valence-corrected chi connectivity index (χ4v) is 2.93. The zero-order valence-corrected chi connectivity index (χ0v) is 13.1. The highest BCUT2D eigenvalue weighted by molar-refractivity contribution is 6.02.